The highest BCUT2D eigenvalue weighted by Crippen LogP contribution is 2.05. The van der Waals surface area contributed by atoms with E-state index in [-0.39, 0.29) is 6.54 Å². The second kappa shape index (κ2) is 6.06. The van der Waals surface area contributed by atoms with Crippen molar-refractivity contribution in [3.05, 3.63) is 12.2 Å². The number of carbonyl (C=O) groups is 2. The maximum atomic E-state index is 11.1. The van der Waals surface area contributed by atoms with E-state index in [1.165, 1.54) is 19.3 Å². The van der Waals surface area contributed by atoms with Gasteiger partial charge in [0, 0.05) is 12.6 Å². The highest BCUT2D eigenvalue weighted by molar-refractivity contribution is 5.81. The van der Waals surface area contributed by atoms with Gasteiger partial charge in [-0.25, -0.2) is 9.59 Å². The van der Waals surface area contributed by atoms with E-state index in [9.17, 15) is 9.59 Å². The van der Waals surface area contributed by atoms with E-state index in [1.807, 2.05) is 0 Å². The summed E-state index contributed by atoms with van der Waals surface area (Å²) >= 11 is 0. The van der Waals surface area contributed by atoms with Crippen LogP contribution < -0.4 is 5.32 Å². The van der Waals surface area contributed by atoms with Crippen LogP contribution in [0.5, 0.6) is 0 Å². The van der Waals surface area contributed by atoms with Crippen LogP contribution in [-0.2, 0) is 14.3 Å². The van der Waals surface area contributed by atoms with Crippen LogP contribution in [0.4, 0.5) is 4.79 Å². The number of alkyl carbamates (subject to hydrolysis) is 1. The Morgan fingerprint density at radius 2 is 1.93 bits per heavy atom. The van der Waals surface area contributed by atoms with Gasteiger partial charge in [-0.3, -0.25) is 0 Å². The molecule has 0 aliphatic rings. The van der Waals surface area contributed by atoms with Gasteiger partial charge in [0.25, 0.3) is 0 Å². The molecule has 15 heavy (non-hydrogen) atoms. The molecule has 0 aliphatic carbocycles. The normalized spacial score (nSPS) is 11.2. The van der Waals surface area contributed by atoms with Crippen molar-refractivity contribution in [1.29, 1.82) is 0 Å². The van der Waals surface area contributed by atoms with E-state index in [0.717, 1.165) is 0 Å². The van der Waals surface area contributed by atoms with Gasteiger partial charge in [0.1, 0.15) is 5.60 Å². The van der Waals surface area contributed by atoms with Crippen LogP contribution in [-0.4, -0.2) is 31.3 Å². The molecular weight excluding hydrogens is 198 g/mol. The first-order chi connectivity index (χ1) is 6.85. The fourth-order valence-electron chi connectivity index (χ4n) is 0.680. The zero-order chi connectivity index (χ0) is 11.9. The van der Waals surface area contributed by atoms with Gasteiger partial charge >= 0.3 is 12.1 Å². The lowest BCUT2D eigenvalue weighted by molar-refractivity contribution is -0.134. The molecule has 1 amide bonds. The molecule has 0 radical (unpaired) electrons. The molecule has 0 fully saturated rings. The molecule has 0 aromatic carbocycles. The SMILES string of the molecule is COC(=O)C=CCNC(=O)OC(C)(C)C. The van der Waals surface area contributed by atoms with Gasteiger partial charge in [-0.15, -0.1) is 0 Å². The van der Waals surface area contributed by atoms with Crippen LogP contribution in [0.15, 0.2) is 12.2 Å². The van der Waals surface area contributed by atoms with Gasteiger partial charge < -0.3 is 14.8 Å². The molecular formula is C10H17NO4. The summed E-state index contributed by atoms with van der Waals surface area (Å²) < 4.78 is 9.34. The number of ether oxygens (including phenoxy) is 2. The van der Waals surface area contributed by atoms with E-state index in [1.54, 1.807) is 20.8 Å². The number of amides is 1. The summed E-state index contributed by atoms with van der Waals surface area (Å²) in [4.78, 5) is 21.7. The van der Waals surface area contributed by atoms with Crippen molar-refractivity contribution in [3.8, 4) is 0 Å². The molecule has 0 heterocycles. The van der Waals surface area contributed by atoms with Crippen molar-refractivity contribution in [2.45, 2.75) is 26.4 Å². The third-order valence-corrected chi connectivity index (χ3v) is 1.22. The number of hydrogen-bond donors (Lipinski definition) is 1. The third kappa shape index (κ3) is 8.80. The lowest BCUT2D eigenvalue weighted by atomic mass is 10.2. The fourth-order valence-corrected chi connectivity index (χ4v) is 0.680. The van der Waals surface area contributed by atoms with Gasteiger partial charge in [-0.05, 0) is 20.8 Å². The van der Waals surface area contributed by atoms with Crippen molar-refractivity contribution in [2.75, 3.05) is 13.7 Å². The zero-order valence-corrected chi connectivity index (χ0v) is 9.49. The number of hydrogen-bond acceptors (Lipinski definition) is 4. The Hall–Kier alpha value is -1.52. The molecule has 0 spiro atoms. The van der Waals surface area contributed by atoms with Crippen molar-refractivity contribution >= 4 is 12.1 Å². The second-order valence-electron chi connectivity index (χ2n) is 3.81. The van der Waals surface area contributed by atoms with Crippen LogP contribution in [0, 0.1) is 0 Å². The maximum Gasteiger partial charge on any atom is 0.407 e. The number of methoxy groups -OCH3 is 1. The average Bonchev–Trinajstić information content (AvgIpc) is 2.09. The average molecular weight is 215 g/mol. The second-order valence-corrected chi connectivity index (χ2v) is 3.81. The van der Waals surface area contributed by atoms with E-state index in [2.05, 4.69) is 10.1 Å². The predicted octanol–water partition coefficient (Wildman–Crippen LogP) is 1.24. The lowest BCUT2D eigenvalue weighted by Crippen LogP contribution is -2.32. The molecule has 5 nitrogen and oxygen atoms in total. The summed E-state index contributed by atoms with van der Waals surface area (Å²) in [7, 11) is 1.29. The third-order valence-electron chi connectivity index (χ3n) is 1.22. The molecule has 0 bridgehead atoms. The number of carbonyl (C=O) groups excluding carboxylic acids is 2. The fraction of sp³-hybridized carbons (Fsp3) is 0.600. The largest absolute Gasteiger partial charge is 0.466 e. The van der Waals surface area contributed by atoms with E-state index in [4.69, 9.17) is 4.74 Å². The van der Waals surface area contributed by atoms with Crippen molar-refractivity contribution in [3.63, 3.8) is 0 Å². The number of rotatable bonds is 3. The molecule has 0 aromatic heterocycles. The van der Waals surface area contributed by atoms with Crippen molar-refractivity contribution in [1.82, 2.24) is 5.32 Å². The lowest BCUT2D eigenvalue weighted by Gasteiger charge is -2.19. The van der Waals surface area contributed by atoms with Crippen LogP contribution in [0.2, 0.25) is 0 Å². The zero-order valence-electron chi connectivity index (χ0n) is 9.49. The van der Waals surface area contributed by atoms with Crippen molar-refractivity contribution < 1.29 is 19.1 Å². The summed E-state index contributed by atoms with van der Waals surface area (Å²) in [5, 5.41) is 2.46. The molecule has 1 N–H and O–H groups in total. The first kappa shape index (κ1) is 13.5. The topological polar surface area (TPSA) is 64.6 Å². The van der Waals surface area contributed by atoms with E-state index >= 15 is 0 Å². The predicted molar refractivity (Wildman–Crippen MR) is 55.4 cm³/mol. The molecule has 0 saturated heterocycles. The first-order valence-corrected chi connectivity index (χ1v) is 4.56. The molecule has 5 heteroatoms. The maximum absolute atomic E-state index is 11.1. The molecule has 0 unspecified atom stereocenters. The Bertz CT molecular complexity index is 253. The summed E-state index contributed by atoms with van der Waals surface area (Å²) in [5.41, 5.74) is -0.518. The summed E-state index contributed by atoms with van der Waals surface area (Å²) in [6, 6.07) is 0. The number of nitrogens with one attached hydrogen (secondary N) is 1. The number of esters is 1. The Morgan fingerprint density at radius 3 is 2.40 bits per heavy atom. The van der Waals surface area contributed by atoms with Crippen LogP contribution in [0.25, 0.3) is 0 Å². The molecule has 0 atom stereocenters. The smallest absolute Gasteiger partial charge is 0.407 e. The molecule has 86 valence electrons. The van der Waals surface area contributed by atoms with Crippen LogP contribution >= 0.6 is 0 Å². The minimum atomic E-state index is -0.518. The van der Waals surface area contributed by atoms with E-state index in [0.29, 0.717) is 0 Å². The van der Waals surface area contributed by atoms with Crippen molar-refractivity contribution in [2.24, 2.45) is 0 Å². The highest BCUT2D eigenvalue weighted by Gasteiger charge is 2.14. The summed E-state index contributed by atoms with van der Waals surface area (Å²) in [6.07, 6.45) is 2.20. The Kier molecular flexibility index (Phi) is 5.44. The quantitative estimate of drug-likeness (QED) is 0.568. The minimum absolute atomic E-state index is 0.226. The molecule has 0 rings (SSSR count). The summed E-state index contributed by atoms with van der Waals surface area (Å²) in [5.74, 6) is -0.457. The van der Waals surface area contributed by atoms with Gasteiger partial charge in [-0.1, -0.05) is 6.08 Å². The Balaban J connectivity index is 3.74. The monoisotopic (exact) mass is 215 g/mol. The molecule has 0 aromatic rings. The van der Waals surface area contributed by atoms with Crippen LogP contribution in [0.1, 0.15) is 20.8 Å². The molecule has 0 aliphatic heterocycles. The van der Waals surface area contributed by atoms with E-state index < -0.39 is 17.7 Å². The van der Waals surface area contributed by atoms with Gasteiger partial charge in [0.15, 0.2) is 0 Å². The van der Waals surface area contributed by atoms with Gasteiger partial charge in [0.2, 0.25) is 0 Å². The Morgan fingerprint density at radius 1 is 1.33 bits per heavy atom. The van der Waals surface area contributed by atoms with Crippen LogP contribution in [0.3, 0.4) is 0 Å². The van der Waals surface area contributed by atoms with Gasteiger partial charge in [-0.2, -0.15) is 0 Å². The minimum Gasteiger partial charge on any atom is -0.466 e. The highest BCUT2D eigenvalue weighted by atomic mass is 16.6. The summed E-state index contributed by atoms with van der Waals surface area (Å²) in [6.45, 7) is 5.55. The standard InChI is InChI=1S/C10H17NO4/c1-10(2,3)15-9(13)11-7-5-6-8(12)14-4/h5-6H,7H2,1-4H3,(H,11,13). The van der Waals surface area contributed by atoms with Gasteiger partial charge in [0.05, 0.1) is 7.11 Å². The Labute approximate surface area is 89.4 Å². The molecule has 0 saturated carbocycles. The first-order valence-electron chi connectivity index (χ1n) is 4.56.